The molecule has 1 unspecified atom stereocenters. The maximum atomic E-state index is 4.74. The molecule has 0 saturated carbocycles. The van der Waals surface area contributed by atoms with Gasteiger partial charge in [-0.1, -0.05) is 32.0 Å². The van der Waals surface area contributed by atoms with Crippen molar-refractivity contribution < 1.29 is 0 Å². The Morgan fingerprint density at radius 3 is 2.68 bits per heavy atom. The Morgan fingerprint density at radius 2 is 1.95 bits per heavy atom. The normalized spacial score (nSPS) is 18.0. The van der Waals surface area contributed by atoms with Crippen LogP contribution in [0, 0.1) is 6.92 Å². The van der Waals surface area contributed by atoms with E-state index in [1.807, 2.05) is 13.0 Å². The molecule has 1 aliphatic heterocycles. The molecule has 2 aromatic rings. The number of nitrogens with zero attached hydrogens (tertiary/aromatic N) is 3. The summed E-state index contributed by atoms with van der Waals surface area (Å²) in [6.07, 6.45) is 1.13. The van der Waals surface area contributed by atoms with Crippen molar-refractivity contribution in [1.29, 1.82) is 0 Å². The third-order valence-corrected chi connectivity index (χ3v) is 4.03. The van der Waals surface area contributed by atoms with Gasteiger partial charge in [-0.25, -0.2) is 9.97 Å². The van der Waals surface area contributed by atoms with E-state index in [1.54, 1.807) is 0 Å². The van der Waals surface area contributed by atoms with Crippen molar-refractivity contribution in [3.63, 3.8) is 0 Å². The highest BCUT2D eigenvalue weighted by Crippen LogP contribution is 2.23. The number of nitrogens with one attached hydrogen (secondary N) is 1. The van der Waals surface area contributed by atoms with Crippen molar-refractivity contribution >= 4 is 11.5 Å². The highest BCUT2D eigenvalue weighted by atomic mass is 15.2. The molecule has 1 aromatic carbocycles. The molecule has 1 atom stereocenters. The molecular formula is C18H24N4. The average molecular weight is 296 g/mol. The molecule has 22 heavy (non-hydrogen) atoms. The van der Waals surface area contributed by atoms with Gasteiger partial charge in [0, 0.05) is 42.5 Å². The largest absolute Gasteiger partial charge is 0.380 e. The van der Waals surface area contributed by atoms with Crippen LogP contribution in [0.25, 0.3) is 0 Å². The fourth-order valence-corrected chi connectivity index (χ4v) is 2.85. The van der Waals surface area contributed by atoms with Crippen LogP contribution in [0.2, 0.25) is 0 Å². The van der Waals surface area contributed by atoms with Crippen LogP contribution in [0.3, 0.4) is 0 Å². The monoisotopic (exact) mass is 296 g/mol. The summed E-state index contributed by atoms with van der Waals surface area (Å²) in [6.45, 7) is 8.36. The second-order valence-electron chi connectivity index (χ2n) is 6.32. The average Bonchev–Trinajstić information content (AvgIpc) is 2.96. The number of aryl methyl sites for hydroxylation is 1. The highest BCUT2D eigenvalue weighted by molar-refractivity contribution is 5.47. The molecule has 4 heteroatoms. The summed E-state index contributed by atoms with van der Waals surface area (Å²) in [4.78, 5) is 11.6. The second-order valence-corrected chi connectivity index (χ2v) is 6.32. The molecule has 4 nitrogen and oxygen atoms in total. The summed E-state index contributed by atoms with van der Waals surface area (Å²) in [6, 6.07) is 13.0. The van der Waals surface area contributed by atoms with Crippen molar-refractivity contribution in [2.24, 2.45) is 0 Å². The van der Waals surface area contributed by atoms with E-state index in [1.165, 1.54) is 5.69 Å². The smallest absolute Gasteiger partial charge is 0.133 e. The second kappa shape index (κ2) is 6.34. The molecule has 0 spiro atoms. The predicted molar refractivity (Wildman–Crippen MR) is 91.5 cm³/mol. The molecule has 3 rings (SSSR count). The van der Waals surface area contributed by atoms with E-state index in [0.717, 1.165) is 36.8 Å². The molecule has 0 amide bonds. The number of benzene rings is 1. The van der Waals surface area contributed by atoms with Gasteiger partial charge in [0.2, 0.25) is 0 Å². The van der Waals surface area contributed by atoms with E-state index in [9.17, 15) is 0 Å². The molecule has 1 fully saturated rings. The third kappa shape index (κ3) is 3.38. The maximum Gasteiger partial charge on any atom is 0.133 e. The maximum absolute atomic E-state index is 4.74. The highest BCUT2D eigenvalue weighted by Gasteiger charge is 2.24. The summed E-state index contributed by atoms with van der Waals surface area (Å²) in [7, 11) is 0. The number of anilines is 2. The minimum Gasteiger partial charge on any atom is -0.380 e. The molecular weight excluding hydrogens is 272 g/mol. The van der Waals surface area contributed by atoms with E-state index < -0.39 is 0 Å². The molecule has 2 heterocycles. The quantitative estimate of drug-likeness (QED) is 0.936. The van der Waals surface area contributed by atoms with E-state index in [4.69, 9.17) is 4.98 Å². The van der Waals surface area contributed by atoms with Crippen LogP contribution < -0.4 is 10.2 Å². The summed E-state index contributed by atoms with van der Waals surface area (Å²) in [5.74, 6) is 2.36. The Labute approximate surface area is 132 Å². The molecule has 116 valence electrons. The van der Waals surface area contributed by atoms with E-state index >= 15 is 0 Å². The van der Waals surface area contributed by atoms with Gasteiger partial charge < -0.3 is 10.2 Å². The third-order valence-electron chi connectivity index (χ3n) is 4.03. The molecule has 0 radical (unpaired) electrons. The topological polar surface area (TPSA) is 41.0 Å². The molecule has 1 aliphatic rings. The summed E-state index contributed by atoms with van der Waals surface area (Å²) < 4.78 is 0. The van der Waals surface area contributed by atoms with Gasteiger partial charge >= 0.3 is 0 Å². The van der Waals surface area contributed by atoms with E-state index in [0.29, 0.717) is 12.0 Å². The first-order valence-corrected chi connectivity index (χ1v) is 8.04. The van der Waals surface area contributed by atoms with Crippen LogP contribution in [0.15, 0.2) is 36.4 Å². The van der Waals surface area contributed by atoms with E-state index in [-0.39, 0.29) is 0 Å². The molecule has 1 aromatic heterocycles. The lowest BCUT2D eigenvalue weighted by Gasteiger charge is -2.20. The lowest BCUT2D eigenvalue weighted by molar-refractivity contribution is 0.755. The van der Waals surface area contributed by atoms with Gasteiger partial charge in [-0.3, -0.25) is 0 Å². The minimum absolute atomic E-state index is 0.361. The van der Waals surface area contributed by atoms with Crippen LogP contribution in [0.1, 0.15) is 37.7 Å². The van der Waals surface area contributed by atoms with Gasteiger partial charge in [-0.2, -0.15) is 0 Å². The van der Waals surface area contributed by atoms with Crippen molar-refractivity contribution in [2.45, 2.75) is 39.2 Å². The predicted octanol–water partition coefficient (Wildman–Crippen LogP) is 3.60. The Hall–Kier alpha value is -2.10. The van der Waals surface area contributed by atoms with Crippen LogP contribution in [0.4, 0.5) is 11.5 Å². The zero-order valence-corrected chi connectivity index (χ0v) is 13.6. The zero-order valence-electron chi connectivity index (χ0n) is 13.6. The molecule has 1 saturated heterocycles. The number of para-hydroxylation sites is 1. The molecule has 0 bridgehead atoms. The Bertz CT molecular complexity index is 624. The van der Waals surface area contributed by atoms with Crippen molar-refractivity contribution in [3.05, 3.63) is 47.9 Å². The molecule has 1 N–H and O–H groups in total. The van der Waals surface area contributed by atoms with Gasteiger partial charge in [-0.15, -0.1) is 0 Å². The van der Waals surface area contributed by atoms with Gasteiger partial charge in [0.25, 0.3) is 0 Å². The Morgan fingerprint density at radius 1 is 1.18 bits per heavy atom. The molecule has 0 aliphatic carbocycles. The van der Waals surface area contributed by atoms with Crippen LogP contribution in [-0.2, 0) is 0 Å². The van der Waals surface area contributed by atoms with Gasteiger partial charge in [0.15, 0.2) is 0 Å². The minimum atomic E-state index is 0.361. The summed E-state index contributed by atoms with van der Waals surface area (Å²) in [5.41, 5.74) is 2.24. The first-order chi connectivity index (χ1) is 10.6. The first kappa shape index (κ1) is 14.8. The Kier molecular flexibility index (Phi) is 4.27. The van der Waals surface area contributed by atoms with Gasteiger partial charge in [-0.05, 0) is 25.5 Å². The fraction of sp³-hybridized carbons (Fsp3) is 0.444. The first-order valence-electron chi connectivity index (χ1n) is 8.04. The van der Waals surface area contributed by atoms with Crippen LogP contribution >= 0.6 is 0 Å². The number of hydrogen-bond donors (Lipinski definition) is 1. The van der Waals surface area contributed by atoms with Crippen molar-refractivity contribution in [3.8, 4) is 0 Å². The van der Waals surface area contributed by atoms with Gasteiger partial charge in [0.05, 0.1) is 0 Å². The number of rotatable bonds is 4. The van der Waals surface area contributed by atoms with Crippen LogP contribution in [-0.4, -0.2) is 29.1 Å². The van der Waals surface area contributed by atoms with Crippen LogP contribution in [0.5, 0.6) is 0 Å². The van der Waals surface area contributed by atoms with Gasteiger partial charge in [0.1, 0.15) is 11.6 Å². The van der Waals surface area contributed by atoms with Crippen molar-refractivity contribution in [1.82, 2.24) is 9.97 Å². The fourth-order valence-electron chi connectivity index (χ4n) is 2.85. The Balaban J connectivity index is 1.70. The zero-order chi connectivity index (χ0) is 15.5. The summed E-state index contributed by atoms with van der Waals surface area (Å²) >= 11 is 0. The van der Waals surface area contributed by atoms with E-state index in [2.05, 4.69) is 59.4 Å². The lowest BCUT2D eigenvalue weighted by atomic mass is 10.2. The summed E-state index contributed by atoms with van der Waals surface area (Å²) in [5, 5.41) is 3.61. The van der Waals surface area contributed by atoms with Crippen molar-refractivity contribution in [2.75, 3.05) is 23.3 Å². The lowest BCUT2D eigenvalue weighted by Crippen LogP contribution is -2.27. The SMILES string of the molecule is Cc1cc(N2CCC(Nc3ccccc3)C2)nc(C(C)C)n1. The number of hydrogen-bond acceptors (Lipinski definition) is 4. The standard InChI is InChI=1S/C18H24N4/c1-13(2)18-19-14(3)11-17(21-18)22-10-9-16(12-22)20-15-7-5-4-6-8-15/h4-8,11,13,16,20H,9-10,12H2,1-3H3. The number of aromatic nitrogens is 2.